The van der Waals surface area contributed by atoms with E-state index in [-0.39, 0.29) is 18.0 Å². The number of carbonyl (C=O) groups excluding carboxylic acids is 2. The average molecular weight is 341 g/mol. The lowest BCUT2D eigenvalue weighted by Crippen LogP contribution is -2.45. The summed E-state index contributed by atoms with van der Waals surface area (Å²) in [5.74, 6) is 0.283. The Kier molecular flexibility index (Phi) is 4.48. The van der Waals surface area contributed by atoms with Gasteiger partial charge in [-0.25, -0.2) is 4.79 Å². The maximum absolute atomic E-state index is 12.8. The monoisotopic (exact) mass is 341 g/mol. The highest BCUT2D eigenvalue weighted by Gasteiger charge is 2.30. The van der Waals surface area contributed by atoms with Gasteiger partial charge in [0.05, 0.1) is 6.54 Å². The zero-order valence-electron chi connectivity index (χ0n) is 14.9. The van der Waals surface area contributed by atoms with Crippen LogP contribution in [-0.2, 0) is 11.3 Å². The number of amides is 3. The second-order valence-electron chi connectivity index (χ2n) is 6.59. The molecule has 0 spiro atoms. The Balaban J connectivity index is 1.83. The van der Waals surface area contributed by atoms with Crippen molar-refractivity contribution in [1.29, 1.82) is 0 Å². The van der Waals surface area contributed by atoms with Crippen molar-refractivity contribution in [3.8, 4) is 0 Å². The molecule has 0 aliphatic carbocycles. The van der Waals surface area contributed by atoms with E-state index in [1.165, 1.54) is 4.90 Å². The van der Waals surface area contributed by atoms with Crippen LogP contribution in [0.2, 0.25) is 0 Å². The molecular formula is C18H23N5O2. The van der Waals surface area contributed by atoms with Crippen LogP contribution in [0.15, 0.2) is 30.3 Å². The van der Waals surface area contributed by atoms with Gasteiger partial charge in [-0.05, 0) is 39.3 Å². The van der Waals surface area contributed by atoms with Crippen LogP contribution in [0.1, 0.15) is 38.1 Å². The molecule has 1 aliphatic heterocycles. The minimum absolute atomic E-state index is 0.205. The number of anilines is 2. The number of hydrogen-bond acceptors (Lipinski definition) is 3. The van der Waals surface area contributed by atoms with Gasteiger partial charge < -0.3 is 10.2 Å². The number of rotatable bonds is 2. The molecule has 1 aromatic heterocycles. The van der Waals surface area contributed by atoms with Crippen LogP contribution in [-0.4, -0.2) is 32.7 Å². The molecule has 0 saturated heterocycles. The Morgan fingerprint density at radius 1 is 1.36 bits per heavy atom. The molecule has 0 radical (unpaired) electrons. The average Bonchev–Trinajstić information content (AvgIpc) is 2.87. The van der Waals surface area contributed by atoms with Gasteiger partial charge in [0, 0.05) is 23.5 Å². The first-order valence-electron chi connectivity index (χ1n) is 8.39. The number of aromatic nitrogens is 2. The molecule has 1 aromatic carbocycles. The molecule has 25 heavy (non-hydrogen) atoms. The first-order chi connectivity index (χ1) is 11.9. The molecule has 7 heteroatoms. The number of carbonyl (C=O) groups is 2. The number of nitrogens with zero attached hydrogens (tertiary/aromatic N) is 3. The van der Waals surface area contributed by atoms with Crippen LogP contribution in [0.25, 0.3) is 0 Å². The van der Waals surface area contributed by atoms with Crippen LogP contribution < -0.4 is 10.6 Å². The van der Waals surface area contributed by atoms with Crippen LogP contribution in [0.3, 0.4) is 0 Å². The van der Waals surface area contributed by atoms with Crippen molar-refractivity contribution < 1.29 is 9.59 Å². The third-order valence-corrected chi connectivity index (χ3v) is 4.37. The van der Waals surface area contributed by atoms with E-state index in [1.54, 1.807) is 6.92 Å². The van der Waals surface area contributed by atoms with Crippen molar-refractivity contribution in [2.45, 2.75) is 46.3 Å². The van der Waals surface area contributed by atoms with Crippen LogP contribution >= 0.6 is 0 Å². The number of nitrogens with one attached hydrogen (secondary N) is 2. The second kappa shape index (κ2) is 6.58. The number of hydrogen-bond donors (Lipinski definition) is 2. The van der Waals surface area contributed by atoms with E-state index in [1.807, 2.05) is 55.8 Å². The van der Waals surface area contributed by atoms with Crippen LogP contribution in [0, 0.1) is 6.92 Å². The molecule has 0 saturated carbocycles. The van der Waals surface area contributed by atoms with Crippen molar-refractivity contribution in [2.24, 2.45) is 0 Å². The Morgan fingerprint density at radius 3 is 2.76 bits per heavy atom. The van der Waals surface area contributed by atoms with Gasteiger partial charge in [-0.1, -0.05) is 18.2 Å². The van der Waals surface area contributed by atoms with E-state index in [4.69, 9.17) is 0 Å². The summed E-state index contributed by atoms with van der Waals surface area (Å²) in [5.41, 5.74) is 2.62. The van der Waals surface area contributed by atoms with Crippen molar-refractivity contribution >= 4 is 23.4 Å². The summed E-state index contributed by atoms with van der Waals surface area (Å²) in [6, 6.07) is 8.62. The van der Waals surface area contributed by atoms with Gasteiger partial charge in [-0.2, -0.15) is 5.10 Å². The highest BCUT2D eigenvalue weighted by molar-refractivity contribution is 6.00. The Hall–Kier alpha value is -2.83. The number of benzene rings is 1. The Labute approximate surface area is 147 Å². The molecule has 1 unspecified atom stereocenters. The molecule has 2 N–H and O–H groups in total. The van der Waals surface area contributed by atoms with Gasteiger partial charge in [0.25, 0.3) is 0 Å². The van der Waals surface area contributed by atoms with Gasteiger partial charge in [0.1, 0.15) is 6.04 Å². The number of para-hydroxylation sites is 1. The van der Waals surface area contributed by atoms with Crippen LogP contribution in [0.5, 0.6) is 0 Å². The summed E-state index contributed by atoms with van der Waals surface area (Å²) in [6.07, 6.45) is 0. The Morgan fingerprint density at radius 2 is 2.08 bits per heavy atom. The van der Waals surface area contributed by atoms with E-state index in [0.29, 0.717) is 12.4 Å². The highest BCUT2D eigenvalue weighted by atomic mass is 16.2. The fourth-order valence-corrected chi connectivity index (χ4v) is 2.98. The van der Waals surface area contributed by atoms with Crippen molar-refractivity contribution in [1.82, 2.24) is 14.7 Å². The van der Waals surface area contributed by atoms with Crippen molar-refractivity contribution in [2.75, 3.05) is 10.6 Å². The lowest BCUT2D eigenvalue weighted by atomic mass is 10.2. The summed E-state index contributed by atoms with van der Waals surface area (Å²) in [4.78, 5) is 26.6. The molecule has 2 aromatic rings. The lowest BCUT2D eigenvalue weighted by Gasteiger charge is -2.25. The van der Waals surface area contributed by atoms with Gasteiger partial charge >= 0.3 is 6.03 Å². The predicted octanol–water partition coefficient (Wildman–Crippen LogP) is 3.15. The van der Waals surface area contributed by atoms with E-state index in [9.17, 15) is 9.59 Å². The maximum atomic E-state index is 12.8. The van der Waals surface area contributed by atoms with Gasteiger partial charge in [-0.3, -0.25) is 14.8 Å². The smallest absolute Gasteiger partial charge is 0.324 e. The largest absolute Gasteiger partial charge is 0.324 e. The normalized spacial score (nSPS) is 17.1. The first-order valence-corrected chi connectivity index (χ1v) is 8.39. The summed E-state index contributed by atoms with van der Waals surface area (Å²) in [7, 11) is 0. The molecule has 3 rings (SSSR count). The standard InChI is InChI=1S/C18H23N5O2/c1-11(2)23-12(3)9-16(21-23)20-18(25)22-10-14-7-5-6-8-15(14)19-17(24)13(22)4/h5-9,11,13H,10H2,1-4H3,(H,19,24)(H,20,21,25). The highest BCUT2D eigenvalue weighted by Crippen LogP contribution is 2.24. The first kappa shape index (κ1) is 17.0. The molecule has 1 aliphatic rings. The summed E-state index contributed by atoms with van der Waals surface area (Å²) in [6.45, 7) is 8.08. The fourth-order valence-electron chi connectivity index (χ4n) is 2.98. The molecule has 3 amide bonds. The third-order valence-electron chi connectivity index (χ3n) is 4.37. The zero-order chi connectivity index (χ0) is 18.1. The minimum atomic E-state index is -0.583. The summed E-state index contributed by atoms with van der Waals surface area (Å²) in [5, 5.41) is 10.1. The van der Waals surface area contributed by atoms with Crippen LogP contribution in [0.4, 0.5) is 16.3 Å². The number of aryl methyl sites for hydroxylation is 1. The molecule has 7 nitrogen and oxygen atoms in total. The molecular weight excluding hydrogens is 318 g/mol. The lowest BCUT2D eigenvalue weighted by molar-refractivity contribution is -0.119. The maximum Gasteiger partial charge on any atom is 0.324 e. The fraction of sp³-hybridized carbons (Fsp3) is 0.389. The number of fused-ring (bicyclic) bond motifs is 1. The Bertz CT molecular complexity index is 812. The van der Waals surface area contributed by atoms with Crippen molar-refractivity contribution in [3.63, 3.8) is 0 Å². The summed E-state index contributed by atoms with van der Waals surface area (Å²) < 4.78 is 1.85. The zero-order valence-corrected chi connectivity index (χ0v) is 14.9. The topological polar surface area (TPSA) is 79.3 Å². The van der Waals surface area contributed by atoms with Crippen molar-refractivity contribution in [3.05, 3.63) is 41.6 Å². The van der Waals surface area contributed by atoms with Gasteiger partial charge in [-0.15, -0.1) is 0 Å². The van der Waals surface area contributed by atoms with E-state index >= 15 is 0 Å². The quantitative estimate of drug-likeness (QED) is 0.881. The molecule has 132 valence electrons. The molecule has 2 heterocycles. The molecule has 0 fully saturated rings. The minimum Gasteiger partial charge on any atom is -0.324 e. The van der Waals surface area contributed by atoms with E-state index in [2.05, 4.69) is 15.7 Å². The molecule has 1 atom stereocenters. The summed E-state index contributed by atoms with van der Waals surface area (Å²) >= 11 is 0. The SMILES string of the molecule is Cc1cc(NC(=O)N2Cc3ccccc3NC(=O)C2C)nn1C(C)C. The second-order valence-corrected chi connectivity index (χ2v) is 6.59. The third kappa shape index (κ3) is 3.35. The van der Waals surface area contributed by atoms with E-state index < -0.39 is 6.04 Å². The molecule has 0 bridgehead atoms. The van der Waals surface area contributed by atoms with E-state index in [0.717, 1.165) is 16.9 Å². The predicted molar refractivity (Wildman–Crippen MR) is 96.4 cm³/mol. The van der Waals surface area contributed by atoms with Gasteiger partial charge in [0.2, 0.25) is 5.91 Å². The van der Waals surface area contributed by atoms with Gasteiger partial charge in [0.15, 0.2) is 5.82 Å². The number of urea groups is 1.